The monoisotopic (exact) mass is 448 g/mol. The van der Waals surface area contributed by atoms with E-state index >= 15 is 0 Å². The third-order valence-corrected chi connectivity index (χ3v) is 6.65. The zero-order chi connectivity index (χ0) is 22.3. The summed E-state index contributed by atoms with van der Waals surface area (Å²) in [6, 6.07) is 12.2. The maximum absolute atomic E-state index is 13.1. The summed E-state index contributed by atoms with van der Waals surface area (Å²) in [5.41, 5.74) is 1.51. The van der Waals surface area contributed by atoms with Gasteiger partial charge in [-0.25, -0.2) is 8.42 Å². The minimum absolute atomic E-state index is 0.0324. The molecule has 8 nitrogen and oxygen atoms in total. The van der Waals surface area contributed by atoms with Crippen LogP contribution in [0.3, 0.4) is 0 Å². The molecule has 1 N–H and O–H groups in total. The number of morpholine rings is 1. The Morgan fingerprint density at radius 2 is 1.81 bits per heavy atom. The van der Waals surface area contributed by atoms with Crippen molar-refractivity contribution < 1.29 is 27.4 Å². The van der Waals surface area contributed by atoms with Crippen LogP contribution in [0.1, 0.15) is 18.9 Å². The summed E-state index contributed by atoms with van der Waals surface area (Å²) in [6.45, 7) is 5.57. The highest BCUT2D eigenvalue weighted by atomic mass is 32.2. The number of nitrogens with one attached hydrogen (secondary N) is 1. The van der Waals surface area contributed by atoms with E-state index < -0.39 is 10.0 Å². The lowest BCUT2D eigenvalue weighted by Crippen LogP contribution is -2.40. The van der Waals surface area contributed by atoms with Crippen LogP contribution in [-0.2, 0) is 19.6 Å². The number of aryl methyl sites for hydroxylation is 1. The lowest BCUT2D eigenvalue weighted by molar-refractivity contribution is -0.116. The standard InChI is InChI=1S/C22H28N2O6S/c1-3-29-20-9-6-18(16-21(20)31(26,27)24-11-14-28-15-12-24)23-22(25)10-13-30-19-7-4-17(2)5-8-19/h4-9,16H,3,10-15H2,1-2H3,(H,23,25). The van der Waals surface area contributed by atoms with Gasteiger partial charge in [-0.2, -0.15) is 4.31 Å². The number of amides is 1. The maximum Gasteiger partial charge on any atom is 0.246 e. The molecule has 0 spiro atoms. The summed E-state index contributed by atoms with van der Waals surface area (Å²) in [5.74, 6) is 0.680. The van der Waals surface area contributed by atoms with Gasteiger partial charge in [-0.1, -0.05) is 17.7 Å². The third kappa shape index (κ3) is 6.19. The minimum atomic E-state index is -3.78. The van der Waals surface area contributed by atoms with Gasteiger partial charge in [0.2, 0.25) is 15.9 Å². The van der Waals surface area contributed by atoms with E-state index in [4.69, 9.17) is 14.2 Å². The Labute approximate surface area is 183 Å². The summed E-state index contributed by atoms with van der Waals surface area (Å²) in [6.07, 6.45) is 0.132. The number of anilines is 1. The molecule has 0 bridgehead atoms. The first-order valence-electron chi connectivity index (χ1n) is 10.2. The number of ether oxygens (including phenoxy) is 3. The van der Waals surface area contributed by atoms with Gasteiger partial charge in [0, 0.05) is 18.8 Å². The first-order valence-corrected chi connectivity index (χ1v) is 11.7. The number of rotatable bonds is 9. The molecule has 31 heavy (non-hydrogen) atoms. The lowest BCUT2D eigenvalue weighted by atomic mass is 10.2. The van der Waals surface area contributed by atoms with Crippen LogP contribution >= 0.6 is 0 Å². The summed E-state index contributed by atoms with van der Waals surface area (Å²) in [7, 11) is -3.78. The third-order valence-electron chi connectivity index (χ3n) is 4.73. The fourth-order valence-electron chi connectivity index (χ4n) is 3.11. The highest BCUT2D eigenvalue weighted by Crippen LogP contribution is 2.30. The molecule has 1 fully saturated rings. The summed E-state index contributed by atoms with van der Waals surface area (Å²) < 4.78 is 44.0. The second kappa shape index (κ2) is 10.6. The number of hydrogen-bond donors (Lipinski definition) is 1. The van der Waals surface area contributed by atoms with Crippen molar-refractivity contribution in [2.24, 2.45) is 0 Å². The number of hydrogen-bond acceptors (Lipinski definition) is 6. The largest absolute Gasteiger partial charge is 0.493 e. The highest BCUT2D eigenvalue weighted by Gasteiger charge is 2.29. The molecular formula is C22H28N2O6S. The predicted molar refractivity (Wildman–Crippen MR) is 117 cm³/mol. The molecule has 2 aromatic rings. The summed E-state index contributed by atoms with van der Waals surface area (Å²) in [5, 5.41) is 2.74. The Morgan fingerprint density at radius 3 is 2.48 bits per heavy atom. The predicted octanol–water partition coefficient (Wildman–Crippen LogP) is 2.82. The molecule has 3 rings (SSSR count). The second-order valence-electron chi connectivity index (χ2n) is 7.07. The zero-order valence-corrected chi connectivity index (χ0v) is 18.6. The summed E-state index contributed by atoms with van der Waals surface area (Å²) >= 11 is 0. The van der Waals surface area contributed by atoms with Crippen LogP contribution in [0.15, 0.2) is 47.4 Å². The first-order chi connectivity index (χ1) is 14.9. The number of sulfonamides is 1. The van der Waals surface area contributed by atoms with Crippen LogP contribution in [0.4, 0.5) is 5.69 Å². The number of carbonyl (C=O) groups is 1. The molecule has 1 saturated heterocycles. The van der Waals surface area contributed by atoms with Crippen molar-refractivity contribution in [3.63, 3.8) is 0 Å². The normalized spacial score (nSPS) is 14.8. The minimum Gasteiger partial charge on any atom is -0.493 e. The molecule has 0 unspecified atom stereocenters. The molecule has 0 aliphatic carbocycles. The second-order valence-corrected chi connectivity index (χ2v) is 8.98. The van der Waals surface area contributed by atoms with Gasteiger partial charge in [0.05, 0.1) is 32.8 Å². The average Bonchev–Trinajstić information content (AvgIpc) is 2.77. The fourth-order valence-corrected chi connectivity index (χ4v) is 4.67. The Morgan fingerprint density at radius 1 is 1.10 bits per heavy atom. The van der Waals surface area contributed by atoms with Gasteiger partial charge in [-0.05, 0) is 44.2 Å². The Hall–Kier alpha value is -2.62. The molecule has 0 radical (unpaired) electrons. The molecule has 1 amide bonds. The van der Waals surface area contributed by atoms with Crippen molar-refractivity contribution in [2.75, 3.05) is 44.8 Å². The molecule has 2 aromatic carbocycles. The lowest BCUT2D eigenvalue weighted by Gasteiger charge is -2.27. The van der Waals surface area contributed by atoms with E-state index in [1.807, 2.05) is 31.2 Å². The van der Waals surface area contributed by atoms with Crippen LogP contribution in [0.2, 0.25) is 0 Å². The van der Waals surface area contributed by atoms with Crippen molar-refractivity contribution in [2.45, 2.75) is 25.2 Å². The van der Waals surface area contributed by atoms with Gasteiger partial charge in [0.1, 0.15) is 16.4 Å². The van der Waals surface area contributed by atoms with E-state index in [0.29, 0.717) is 31.3 Å². The van der Waals surface area contributed by atoms with Crippen LogP contribution in [0, 0.1) is 6.92 Å². The molecule has 1 aliphatic rings. The topological polar surface area (TPSA) is 94.2 Å². The molecule has 0 saturated carbocycles. The van der Waals surface area contributed by atoms with Crippen molar-refractivity contribution in [3.05, 3.63) is 48.0 Å². The average molecular weight is 449 g/mol. The van der Waals surface area contributed by atoms with Gasteiger partial charge in [-0.3, -0.25) is 4.79 Å². The Balaban J connectivity index is 1.67. The van der Waals surface area contributed by atoms with Gasteiger partial charge in [-0.15, -0.1) is 0 Å². The molecule has 1 heterocycles. The number of carbonyl (C=O) groups excluding carboxylic acids is 1. The van der Waals surface area contributed by atoms with Gasteiger partial charge < -0.3 is 19.5 Å². The molecule has 0 atom stereocenters. The van der Waals surface area contributed by atoms with E-state index in [1.165, 1.54) is 10.4 Å². The summed E-state index contributed by atoms with van der Waals surface area (Å²) in [4.78, 5) is 12.4. The maximum atomic E-state index is 13.1. The first kappa shape index (κ1) is 23.1. The number of nitrogens with zero attached hydrogens (tertiary/aromatic N) is 1. The highest BCUT2D eigenvalue weighted by molar-refractivity contribution is 7.89. The van der Waals surface area contributed by atoms with Crippen LogP contribution < -0.4 is 14.8 Å². The van der Waals surface area contributed by atoms with Crippen molar-refractivity contribution in [1.29, 1.82) is 0 Å². The molecular weight excluding hydrogens is 420 g/mol. The molecule has 9 heteroatoms. The smallest absolute Gasteiger partial charge is 0.246 e. The van der Waals surface area contributed by atoms with E-state index in [9.17, 15) is 13.2 Å². The van der Waals surface area contributed by atoms with Crippen molar-refractivity contribution >= 4 is 21.6 Å². The van der Waals surface area contributed by atoms with E-state index in [2.05, 4.69) is 5.32 Å². The van der Waals surface area contributed by atoms with E-state index in [0.717, 1.165) is 5.56 Å². The number of benzene rings is 2. The Bertz CT molecular complexity index is 986. The SMILES string of the molecule is CCOc1ccc(NC(=O)CCOc2ccc(C)cc2)cc1S(=O)(=O)N1CCOCC1. The van der Waals surface area contributed by atoms with Crippen molar-refractivity contribution in [1.82, 2.24) is 4.31 Å². The van der Waals surface area contributed by atoms with Crippen LogP contribution in [0.5, 0.6) is 11.5 Å². The molecule has 168 valence electrons. The van der Waals surface area contributed by atoms with Crippen LogP contribution in [-0.4, -0.2) is 58.1 Å². The van der Waals surface area contributed by atoms with E-state index in [1.54, 1.807) is 19.1 Å². The van der Waals surface area contributed by atoms with E-state index in [-0.39, 0.29) is 42.7 Å². The quantitative estimate of drug-likeness (QED) is 0.634. The van der Waals surface area contributed by atoms with Gasteiger partial charge in [0.25, 0.3) is 0 Å². The molecule has 0 aromatic heterocycles. The van der Waals surface area contributed by atoms with Crippen molar-refractivity contribution in [3.8, 4) is 11.5 Å². The van der Waals surface area contributed by atoms with Crippen LogP contribution in [0.25, 0.3) is 0 Å². The fraction of sp³-hybridized carbons (Fsp3) is 0.409. The molecule has 1 aliphatic heterocycles. The van der Waals surface area contributed by atoms with Gasteiger partial charge in [0.15, 0.2) is 0 Å². The Kier molecular flexibility index (Phi) is 7.89. The zero-order valence-electron chi connectivity index (χ0n) is 17.8. The van der Waals surface area contributed by atoms with Gasteiger partial charge >= 0.3 is 0 Å².